The molecule has 0 bridgehead atoms. The normalized spacial score (nSPS) is 11.9. The smallest absolute Gasteiger partial charge is 0.134 e. The molecule has 9 heteroatoms. The van der Waals surface area contributed by atoms with E-state index in [4.69, 9.17) is 0 Å². The number of para-hydroxylation sites is 1. The Labute approximate surface area is 274 Å². The van der Waals surface area contributed by atoms with Gasteiger partial charge in [-0.05, 0) is 24.3 Å². The third-order valence-corrected chi connectivity index (χ3v) is 6.67. The Morgan fingerprint density at radius 1 is 0.500 bits per heavy atom. The number of nitrogens with one attached hydrogen (secondary N) is 2. The van der Waals surface area contributed by atoms with Crippen LogP contribution in [0.2, 0.25) is 0 Å². The van der Waals surface area contributed by atoms with Crippen LogP contribution >= 0.6 is 0 Å². The first-order valence-electron chi connectivity index (χ1n) is 15.7. The van der Waals surface area contributed by atoms with Crippen molar-refractivity contribution < 1.29 is 0 Å². The fraction of sp³-hybridized carbons (Fsp3) is 0.432. The zero-order chi connectivity index (χ0) is 34.2. The first kappa shape index (κ1) is 35.9. The van der Waals surface area contributed by atoms with Crippen LogP contribution in [0.3, 0.4) is 0 Å². The highest BCUT2D eigenvalue weighted by Crippen LogP contribution is 2.21. The molecule has 0 radical (unpaired) electrons. The molecule has 0 spiro atoms. The summed E-state index contributed by atoms with van der Waals surface area (Å²) in [5.74, 6) is 2.69. The molecule has 0 aliphatic rings. The van der Waals surface area contributed by atoms with Gasteiger partial charge in [0.05, 0.1) is 22.7 Å². The Morgan fingerprint density at radius 2 is 1.07 bits per heavy atom. The second kappa shape index (κ2) is 14.7. The molecule has 0 saturated heterocycles. The lowest BCUT2D eigenvalue weighted by Crippen LogP contribution is -2.15. The van der Waals surface area contributed by atoms with Gasteiger partial charge in [0, 0.05) is 63.7 Å². The molecule has 6 rings (SSSR count). The van der Waals surface area contributed by atoms with Crippen LogP contribution in [0.15, 0.2) is 79.6 Å². The summed E-state index contributed by atoms with van der Waals surface area (Å²) in [6.45, 7) is 25.5. The van der Waals surface area contributed by atoms with Crippen LogP contribution in [-0.2, 0) is 21.7 Å². The quantitative estimate of drug-likeness (QED) is 0.174. The van der Waals surface area contributed by atoms with Gasteiger partial charge in [0.25, 0.3) is 0 Å². The minimum atomic E-state index is 0.0179. The molecule has 244 valence electrons. The van der Waals surface area contributed by atoms with Crippen molar-refractivity contribution in [3.63, 3.8) is 0 Å². The van der Waals surface area contributed by atoms with Gasteiger partial charge in [0.15, 0.2) is 0 Å². The van der Waals surface area contributed by atoms with E-state index in [2.05, 4.69) is 128 Å². The minimum absolute atomic E-state index is 0.0179. The number of hydrogen-bond donors (Lipinski definition) is 2. The lowest BCUT2D eigenvalue weighted by molar-refractivity contribution is 0.545. The fourth-order valence-electron chi connectivity index (χ4n) is 3.90. The van der Waals surface area contributed by atoms with Gasteiger partial charge in [0.1, 0.15) is 17.5 Å². The van der Waals surface area contributed by atoms with Gasteiger partial charge in [-0.2, -0.15) is 5.10 Å². The summed E-state index contributed by atoms with van der Waals surface area (Å²) in [4.78, 5) is 29.0. The van der Waals surface area contributed by atoms with E-state index in [1.165, 1.54) is 5.69 Å². The minimum Gasteiger partial charge on any atom is -0.359 e. The molecular formula is C37H51N9. The van der Waals surface area contributed by atoms with Crippen molar-refractivity contribution in [2.75, 3.05) is 0 Å². The second-order valence-corrected chi connectivity index (χ2v) is 15.3. The number of aromatic amines is 2. The fourth-order valence-corrected chi connectivity index (χ4v) is 3.90. The van der Waals surface area contributed by atoms with E-state index in [0.717, 1.165) is 39.4 Å². The highest BCUT2D eigenvalue weighted by atomic mass is 15.1. The largest absolute Gasteiger partial charge is 0.359 e. The molecule has 5 heterocycles. The second-order valence-electron chi connectivity index (χ2n) is 15.3. The number of aromatic nitrogens is 9. The summed E-state index contributed by atoms with van der Waals surface area (Å²) in [6, 6.07) is 13.8. The number of rotatable bonds is 0. The Balaban J connectivity index is 0.000000170. The van der Waals surface area contributed by atoms with Crippen LogP contribution in [0.25, 0.3) is 21.9 Å². The predicted molar refractivity (Wildman–Crippen MR) is 189 cm³/mol. The van der Waals surface area contributed by atoms with Gasteiger partial charge in [-0.25, -0.2) is 29.9 Å². The van der Waals surface area contributed by atoms with Crippen molar-refractivity contribution in [2.45, 2.75) is 105 Å². The zero-order valence-corrected chi connectivity index (χ0v) is 29.6. The summed E-state index contributed by atoms with van der Waals surface area (Å²) in [5.41, 5.74) is 4.50. The summed E-state index contributed by atoms with van der Waals surface area (Å²) < 4.78 is 0. The number of nitrogens with zero attached hydrogens (tertiary/aromatic N) is 7. The van der Waals surface area contributed by atoms with Gasteiger partial charge >= 0.3 is 0 Å². The standard InChI is InChI=1S/C12H14N2.C10H13N3.C8H12N2.C7H12N2/c1-12(2,3)11-13-8-9-6-4-5-7-10(9)14-11;1-10(2,3)9-12-6-8-7(13-9)4-5-11-8;1-8(2,3)7-9-5-4-6-10-7;1-7(2,3)6-4-5-8-9-6/h4-8H,1-3H3;4-6,11H,1-3H3;4-6H,1-3H3;4-5H,1-3H3,(H,8,9). The summed E-state index contributed by atoms with van der Waals surface area (Å²) in [7, 11) is 0. The van der Waals surface area contributed by atoms with E-state index in [1.54, 1.807) is 18.6 Å². The van der Waals surface area contributed by atoms with Crippen LogP contribution < -0.4 is 0 Å². The van der Waals surface area contributed by atoms with E-state index < -0.39 is 0 Å². The van der Waals surface area contributed by atoms with Gasteiger partial charge in [-0.3, -0.25) is 5.10 Å². The molecule has 0 unspecified atom stereocenters. The SMILES string of the molecule is CC(C)(C)c1ccn[nH]1.CC(C)(C)c1ncc2[nH]ccc2n1.CC(C)(C)c1ncc2ccccc2n1.CC(C)(C)c1ncccn1. The van der Waals surface area contributed by atoms with Crippen molar-refractivity contribution in [3.8, 4) is 0 Å². The molecule has 6 aromatic rings. The van der Waals surface area contributed by atoms with Crippen molar-refractivity contribution >= 4 is 21.9 Å². The maximum Gasteiger partial charge on any atom is 0.134 e. The molecule has 9 nitrogen and oxygen atoms in total. The molecule has 0 aliphatic heterocycles. The maximum absolute atomic E-state index is 4.54. The summed E-state index contributed by atoms with van der Waals surface area (Å²) >= 11 is 0. The van der Waals surface area contributed by atoms with Gasteiger partial charge in [-0.1, -0.05) is 101 Å². The van der Waals surface area contributed by atoms with Crippen molar-refractivity contribution in [3.05, 3.63) is 103 Å². The van der Waals surface area contributed by atoms with Gasteiger partial charge in [0.2, 0.25) is 0 Å². The molecule has 0 aliphatic carbocycles. The molecule has 0 amide bonds. The van der Waals surface area contributed by atoms with Crippen LogP contribution in [-0.4, -0.2) is 45.1 Å². The average Bonchev–Trinajstić information content (AvgIpc) is 3.70. The number of fused-ring (bicyclic) bond motifs is 2. The molecule has 0 atom stereocenters. The van der Waals surface area contributed by atoms with Gasteiger partial charge < -0.3 is 4.98 Å². The van der Waals surface area contributed by atoms with Crippen molar-refractivity contribution in [1.29, 1.82) is 0 Å². The van der Waals surface area contributed by atoms with E-state index in [9.17, 15) is 0 Å². The molecule has 5 aromatic heterocycles. The summed E-state index contributed by atoms with van der Waals surface area (Å²) in [5, 5.41) is 7.89. The van der Waals surface area contributed by atoms with Crippen LogP contribution in [0.4, 0.5) is 0 Å². The van der Waals surface area contributed by atoms with E-state index in [1.807, 2.05) is 61.1 Å². The molecule has 46 heavy (non-hydrogen) atoms. The van der Waals surface area contributed by atoms with E-state index in [-0.39, 0.29) is 21.7 Å². The lowest BCUT2D eigenvalue weighted by Gasteiger charge is -2.16. The number of H-pyrrole nitrogens is 2. The van der Waals surface area contributed by atoms with Gasteiger partial charge in [-0.15, -0.1) is 0 Å². The van der Waals surface area contributed by atoms with E-state index in [0.29, 0.717) is 0 Å². The maximum atomic E-state index is 4.54. The average molecular weight is 622 g/mol. The Kier molecular flexibility index (Phi) is 11.5. The first-order chi connectivity index (χ1) is 21.4. The third kappa shape index (κ3) is 10.8. The van der Waals surface area contributed by atoms with Crippen LogP contribution in [0.5, 0.6) is 0 Å². The van der Waals surface area contributed by atoms with Crippen molar-refractivity contribution in [1.82, 2.24) is 45.1 Å². The summed E-state index contributed by atoms with van der Waals surface area (Å²) in [6.07, 6.45) is 10.9. The number of hydrogen-bond acceptors (Lipinski definition) is 7. The Bertz CT molecular complexity index is 1760. The monoisotopic (exact) mass is 621 g/mol. The first-order valence-corrected chi connectivity index (χ1v) is 15.7. The molecule has 0 fully saturated rings. The van der Waals surface area contributed by atoms with E-state index >= 15 is 0 Å². The van der Waals surface area contributed by atoms with Crippen LogP contribution in [0, 0.1) is 0 Å². The number of benzene rings is 1. The molecule has 0 saturated carbocycles. The molecular weight excluding hydrogens is 570 g/mol. The lowest BCUT2D eigenvalue weighted by atomic mass is 9.93. The Morgan fingerprint density at radius 3 is 1.57 bits per heavy atom. The highest BCUT2D eigenvalue weighted by Gasteiger charge is 2.18. The Hall–Kier alpha value is -4.53. The highest BCUT2D eigenvalue weighted by molar-refractivity contribution is 5.77. The molecule has 1 aromatic carbocycles. The predicted octanol–water partition coefficient (Wildman–Crippen LogP) is 8.66. The zero-order valence-electron chi connectivity index (χ0n) is 29.6. The molecule has 2 N–H and O–H groups in total. The topological polar surface area (TPSA) is 122 Å². The third-order valence-electron chi connectivity index (χ3n) is 6.67. The van der Waals surface area contributed by atoms with Crippen LogP contribution in [0.1, 0.15) is 106 Å². The van der Waals surface area contributed by atoms with Crippen molar-refractivity contribution in [2.24, 2.45) is 0 Å².